The molecule has 0 spiro atoms. The normalized spacial score (nSPS) is 18.5. The molecule has 1 amide bonds. The molecule has 0 bridgehead atoms. The van der Waals surface area contributed by atoms with Crippen LogP contribution in [0.2, 0.25) is 0 Å². The molecule has 2 aliphatic rings. The van der Waals surface area contributed by atoms with Gasteiger partial charge in [0.25, 0.3) is 0 Å². The second-order valence-corrected chi connectivity index (χ2v) is 11.1. The number of benzene rings is 1. The Bertz CT molecular complexity index is 1250. The molecule has 0 saturated carbocycles. The Morgan fingerprint density at radius 1 is 0.907 bits per heavy atom. The molecule has 2 N–H and O–H groups in total. The lowest BCUT2D eigenvalue weighted by atomic mass is 9.91. The lowest BCUT2D eigenvalue weighted by Gasteiger charge is -2.35. The van der Waals surface area contributed by atoms with Crippen molar-refractivity contribution < 1.29 is 41.0 Å². The van der Waals surface area contributed by atoms with Crippen molar-refractivity contribution >= 4 is 23.5 Å². The van der Waals surface area contributed by atoms with Crippen molar-refractivity contribution in [2.24, 2.45) is 11.8 Å². The minimum Gasteiger partial charge on any atom is -0.481 e. The number of hydrogen-bond donors (Lipinski definition) is 2. The molecule has 2 aromatic rings. The predicted octanol–water partition coefficient (Wildman–Crippen LogP) is 5.56. The number of carboxylic acid groups (broad SMARTS) is 1. The predicted molar refractivity (Wildman–Crippen MR) is 147 cm³/mol. The van der Waals surface area contributed by atoms with Gasteiger partial charge in [-0.2, -0.15) is 26.3 Å². The maximum atomic E-state index is 13.8. The molecule has 2 fully saturated rings. The largest absolute Gasteiger partial charge is 0.481 e. The number of piperidine rings is 2. The molecule has 0 radical (unpaired) electrons. The zero-order valence-corrected chi connectivity index (χ0v) is 23.6. The summed E-state index contributed by atoms with van der Waals surface area (Å²) in [6, 6.07) is 6.25. The van der Waals surface area contributed by atoms with E-state index in [2.05, 4.69) is 15.3 Å². The molecule has 0 unspecified atom stereocenters. The van der Waals surface area contributed by atoms with Gasteiger partial charge >= 0.3 is 18.3 Å². The molecule has 43 heavy (non-hydrogen) atoms. The van der Waals surface area contributed by atoms with Gasteiger partial charge in [-0.05, 0) is 68.6 Å². The first-order chi connectivity index (χ1) is 20.3. The molecular formula is C29H35F6N5O3. The Kier molecular flexibility index (Phi) is 10.4. The number of nitrogens with one attached hydrogen (secondary N) is 1. The molecule has 3 heterocycles. The van der Waals surface area contributed by atoms with E-state index in [9.17, 15) is 35.9 Å². The monoisotopic (exact) mass is 615 g/mol. The molecule has 1 aromatic carbocycles. The standard InChI is InChI=1S/C29H35F6N5O3/c30-28(31,32)22-8-6-20(7-9-22)10-13-36-26(43)21-4-2-14-40(18-21)24-17-23(37-27(38-24)29(33,34)35)39-15-11-19(12-16-39)3-1-5-25(41)42/h6-9,17,19,21H,1-5,10-16,18H2,(H,36,43)(H,41,42)/t21-/m1/s1. The van der Waals surface area contributed by atoms with Gasteiger partial charge in [-0.3, -0.25) is 9.59 Å². The summed E-state index contributed by atoms with van der Waals surface area (Å²) in [4.78, 5) is 34.8. The topological polar surface area (TPSA) is 98.7 Å². The number of carbonyl (C=O) groups is 2. The summed E-state index contributed by atoms with van der Waals surface area (Å²) < 4.78 is 79.6. The highest BCUT2D eigenvalue weighted by atomic mass is 19.4. The van der Waals surface area contributed by atoms with Crippen LogP contribution in [0.3, 0.4) is 0 Å². The first-order valence-corrected chi connectivity index (χ1v) is 14.4. The van der Waals surface area contributed by atoms with E-state index in [0.717, 1.165) is 31.4 Å². The molecule has 236 valence electrons. The van der Waals surface area contributed by atoms with Crippen LogP contribution in [0, 0.1) is 11.8 Å². The highest BCUT2D eigenvalue weighted by Crippen LogP contribution is 2.34. The van der Waals surface area contributed by atoms with E-state index in [1.165, 1.54) is 18.2 Å². The Morgan fingerprint density at radius 3 is 2.16 bits per heavy atom. The lowest BCUT2D eigenvalue weighted by molar-refractivity contribution is -0.145. The summed E-state index contributed by atoms with van der Waals surface area (Å²) in [5.41, 5.74) is -0.113. The van der Waals surface area contributed by atoms with Gasteiger partial charge in [0.15, 0.2) is 0 Å². The second kappa shape index (κ2) is 13.8. The van der Waals surface area contributed by atoms with Crippen molar-refractivity contribution in [3.05, 3.63) is 47.3 Å². The molecule has 1 atom stereocenters. The van der Waals surface area contributed by atoms with Crippen LogP contribution in [0.4, 0.5) is 38.0 Å². The van der Waals surface area contributed by atoms with E-state index in [4.69, 9.17) is 5.11 Å². The summed E-state index contributed by atoms with van der Waals surface area (Å²) >= 11 is 0. The number of hydrogen-bond acceptors (Lipinski definition) is 6. The minimum atomic E-state index is -4.76. The SMILES string of the molecule is O=C(O)CCCC1CCN(c2cc(N3CCC[C@@H](C(=O)NCCc4ccc(C(F)(F)F)cc4)C3)nc(C(F)(F)F)n2)CC1. The van der Waals surface area contributed by atoms with Crippen LogP contribution in [0.15, 0.2) is 30.3 Å². The molecule has 2 saturated heterocycles. The van der Waals surface area contributed by atoms with Crippen molar-refractivity contribution in [3.63, 3.8) is 0 Å². The van der Waals surface area contributed by atoms with Crippen LogP contribution < -0.4 is 15.1 Å². The van der Waals surface area contributed by atoms with Crippen molar-refractivity contribution in [2.45, 2.75) is 63.7 Å². The lowest BCUT2D eigenvalue weighted by Crippen LogP contribution is -2.44. The Morgan fingerprint density at radius 2 is 1.56 bits per heavy atom. The summed E-state index contributed by atoms with van der Waals surface area (Å²) in [5.74, 6) is -2.28. The van der Waals surface area contributed by atoms with E-state index in [1.807, 2.05) is 0 Å². The van der Waals surface area contributed by atoms with Crippen molar-refractivity contribution in [1.82, 2.24) is 15.3 Å². The highest BCUT2D eigenvalue weighted by molar-refractivity contribution is 5.79. The number of carboxylic acids is 1. The van der Waals surface area contributed by atoms with Gasteiger partial charge in [0, 0.05) is 45.2 Å². The maximum Gasteiger partial charge on any atom is 0.451 e. The van der Waals surface area contributed by atoms with Crippen LogP contribution in [-0.4, -0.2) is 59.7 Å². The molecule has 14 heteroatoms. The molecule has 0 aliphatic carbocycles. The number of aliphatic carboxylic acids is 1. The third-order valence-electron chi connectivity index (χ3n) is 8.00. The number of alkyl halides is 6. The summed E-state index contributed by atoms with van der Waals surface area (Å²) in [5, 5.41) is 11.6. The van der Waals surface area contributed by atoms with Crippen molar-refractivity contribution in [3.8, 4) is 0 Å². The van der Waals surface area contributed by atoms with Gasteiger partial charge in [0.05, 0.1) is 11.5 Å². The third kappa shape index (κ3) is 9.20. The Balaban J connectivity index is 1.36. The average molecular weight is 616 g/mol. The van der Waals surface area contributed by atoms with E-state index in [1.54, 1.807) is 9.80 Å². The number of aromatic nitrogens is 2. The quantitative estimate of drug-likeness (QED) is 0.338. The van der Waals surface area contributed by atoms with Crippen LogP contribution in [0.5, 0.6) is 0 Å². The molecular weight excluding hydrogens is 580 g/mol. The first kappa shape index (κ1) is 32.3. The van der Waals surface area contributed by atoms with E-state index in [0.29, 0.717) is 56.8 Å². The van der Waals surface area contributed by atoms with Gasteiger partial charge in [0.2, 0.25) is 11.7 Å². The number of halogens is 6. The Hall–Kier alpha value is -3.58. The number of nitrogens with zero attached hydrogens (tertiary/aromatic N) is 4. The fourth-order valence-electron chi connectivity index (χ4n) is 5.60. The fraction of sp³-hybridized carbons (Fsp3) is 0.586. The fourth-order valence-corrected chi connectivity index (χ4v) is 5.60. The maximum absolute atomic E-state index is 13.8. The first-order valence-electron chi connectivity index (χ1n) is 14.4. The minimum absolute atomic E-state index is 0.0957. The van der Waals surface area contributed by atoms with E-state index in [-0.39, 0.29) is 37.1 Å². The van der Waals surface area contributed by atoms with E-state index >= 15 is 0 Å². The van der Waals surface area contributed by atoms with E-state index < -0.39 is 35.6 Å². The zero-order valence-electron chi connectivity index (χ0n) is 23.6. The highest BCUT2D eigenvalue weighted by Gasteiger charge is 2.37. The van der Waals surface area contributed by atoms with Crippen molar-refractivity contribution in [1.29, 1.82) is 0 Å². The van der Waals surface area contributed by atoms with Crippen LogP contribution >= 0.6 is 0 Å². The summed E-state index contributed by atoms with van der Waals surface area (Å²) in [6.07, 6.45) is -4.88. The molecule has 8 nitrogen and oxygen atoms in total. The zero-order chi connectivity index (χ0) is 31.2. The third-order valence-corrected chi connectivity index (χ3v) is 8.00. The van der Waals surface area contributed by atoms with Gasteiger partial charge in [-0.1, -0.05) is 12.1 Å². The van der Waals surface area contributed by atoms with Gasteiger partial charge in [0.1, 0.15) is 11.6 Å². The number of amides is 1. The average Bonchev–Trinajstić information content (AvgIpc) is 2.96. The number of rotatable bonds is 10. The summed E-state index contributed by atoms with van der Waals surface area (Å²) in [7, 11) is 0. The molecule has 1 aromatic heterocycles. The van der Waals surface area contributed by atoms with Crippen molar-refractivity contribution in [2.75, 3.05) is 42.5 Å². The summed E-state index contributed by atoms with van der Waals surface area (Å²) in [6.45, 7) is 1.80. The van der Waals surface area contributed by atoms with Crippen LogP contribution in [0.1, 0.15) is 61.9 Å². The van der Waals surface area contributed by atoms with Gasteiger partial charge in [-0.25, -0.2) is 9.97 Å². The van der Waals surface area contributed by atoms with Gasteiger partial charge in [-0.15, -0.1) is 0 Å². The second-order valence-electron chi connectivity index (χ2n) is 11.1. The molecule has 4 rings (SSSR count). The van der Waals surface area contributed by atoms with Crippen LogP contribution in [0.25, 0.3) is 0 Å². The number of anilines is 2. The smallest absolute Gasteiger partial charge is 0.451 e. The Labute approximate surface area is 245 Å². The van der Waals surface area contributed by atoms with Crippen LogP contribution in [-0.2, 0) is 28.4 Å². The van der Waals surface area contributed by atoms with Gasteiger partial charge < -0.3 is 20.2 Å². The molecule has 2 aliphatic heterocycles. The number of carbonyl (C=O) groups excluding carboxylic acids is 1.